The number of nitrogen functional groups attached to an aromatic ring is 1. The lowest BCUT2D eigenvalue weighted by atomic mass is 9.86. The Labute approximate surface area is 245 Å². The normalized spacial score (nSPS) is 12.3. The molecule has 0 saturated carbocycles. The number of anilines is 1. The van der Waals surface area contributed by atoms with E-state index >= 15 is 0 Å². The first-order valence-electron chi connectivity index (χ1n) is 14.6. The van der Waals surface area contributed by atoms with Gasteiger partial charge in [-0.3, -0.25) is 0 Å². The van der Waals surface area contributed by atoms with E-state index in [1.165, 1.54) is 21.5 Å². The molecule has 10 rings (SSSR count). The second-order valence-corrected chi connectivity index (χ2v) is 11.4. The number of hydrogen-bond acceptors (Lipinski definition) is 3. The summed E-state index contributed by atoms with van der Waals surface area (Å²) in [6.45, 7) is 0. The maximum Gasteiger partial charge on any atom is 0.143 e. The molecule has 0 aliphatic rings. The molecule has 0 saturated heterocycles. The Morgan fingerprint density at radius 3 is 1.58 bits per heavy atom. The molecule has 0 fully saturated rings. The maximum absolute atomic E-state index is 6.84. The highest BCUT2D eigenvalue weighted by Crippen LogP contribution is 2.47. The Balaban J connectivity index is 1.31. The highest BCUT2D eigenvalue weighted by atomic mass is 16.3. The average Bonchev–Trinajstić information content (AvgIpc) is 3.63. The van der Waals surface area contributed by atoms with Gasteiger partial charge in [0.15, 0.2) is 0 Å². The molecule has 0 bridgehead atoms. The lowest BCUT2D eigenvalue weighted by Crippen LogP contribution is -1.94. The van der Waals surface area contributed by atoms with Crippen LogP contribution >= 0.6 is 0 Å². The fourth-order valence-electron chi connectivity index (χ4n) is 7.30. The van der Waals surface area contributed by atoms with E-state index in [9.17, 15) is 0 Å². The standard InChI is InChI=1S/C40H23NO2/c41-34-21-33(31-12-6-11-30-25-8-2-4-14-36(25)43-40(30)31)27-20-19-26-23(17-15-22-16-18-32(34)38(27)37(22)26)28-9-5-10-29-24-7-1-3-13-35(24)42-39(28)29/h1-21H,41H2. The van der Waals surface area contributed by atoms with Gasteiger partial charge < -0.3 is 14.6 Å². The smallest absolute Gasteiger partial charge is 0.143 e. The number of hydrogen-bond donors (Lipinski definition) is 1. The summed E-state index contributed by atoms with van der Waals surface area (Å²) >= 11 is 0. The van der Waals surface area contributed by atoms with Crippen molar-refractivity contribution >= 4 is 81.9 Å². The third kappa shape index (κ3) is 2.98. The molecule has 3 nitrogen and oxygen atoms in total. The van der Waals surface area contributed by atoms with Crippen LogP contribution in [0, 0.1) is 0 Å². The van der Waals surface area contributed by atoms with Crippen molar-refractivity contribution in [1.82, 2.24) is 0 Å². The summed E-state index contributed by atoms with van der Waals surface area (Å²) in [7, 11) is 0. The van der Waals surface area contributed by atoms with E-state index < -0.39 is 0 Å². The quantitative estimate of drug-likeness (QED) is 0.172. The molecule has 0 radical (unpaired) electrons. The van der Waals surface area contributed by atoms with Crippen LogP contribution < -0.4 is 5.73 Å². The van der Waals surface area contributed by atoms with Crippen molar-refractivity contribution in [2.75, 3.05) is 5.73 Å². The predicted molar refractivity (Wildman–Crippen MR) is 180 cm³/mol. The molecular formula is C40H23NO2. The third-order valence-electron chi connectivity index (χ3n) is 9.20. The molecule has 0 aliphatic carbocycles. The van der Waals surface area contributed by atoms with Gasteiger partial charge in [-0.25, -0.2) is 0 Å². The van der Waals surface area contributed by atoms with E-state index in [0.29, 0.717) is 0 Å². The summed E-state index contributed by atoms with van der Waals surface area (Å²) in [6, 6.07) is 44.7. The van der Waals surface area contributed by atoms with Gasteiger partial charge in [0, 0.05) is 49.1 Å². The summed E-state index contributed by atoms with van der Waals surface area (Å²) in [5, 5.41) is 11.5. The first-order chi connectivity index (χ1) is 21.2. The topological polar surface area (TPSA) is 52.3 Å². The second kappa shape index (κ2) is 8.15. The maximum atomic E-state index is 6.84. The fourth-order valence-corrected chi connectivity index (χ4v) is 7.30. The van der Waals surface area contributed by atoms with Crippen LogP contribution in [0.3, 0.4) is 0 Å². The third-order valence-corrected chi connectivity index (χ3v) is 9.20. The summed E-state index contributed by atoms with van der Waals surface area (Å²) < 4.78 is 12.9. The minimum atomic E-state index is 0.759. The molecular weight excluding hydrogens is 526 g/mol. The van der Waals surface area contributed by atoms with Gasteiger partial charge in [0.1, 0.15) is 22.3 Å². The van der Waals surface area contributed by atoms with Crippen molar-refractivity contribution in [2.24, 2.45) is 0 Å². The Kier molecular flexibility index (Phi) is 4.33. The zero-order valence-corrected chi connectivity index (χ0v) is 23.0. The van der Waals surface area contributed by atoms with Crippen LogP contribution in [0.1, 0.15) is 0 Å². The van der Waals surface area contributed by atoms with Crippen LogP contribution in [-0.2, 0) is 0 Å². The molecule has 0 spiro atoms. The summed E-state index contributed by atoms with van der Waals surface area (Å²) in [5.41, 5.74) is 15.6. The van der Waals surface area contributed by atoms with Crippen molar-refractivity contribution in [3.63, 3.8) is 0 Å². The Hall–Kier alpha value is -5.80. The Bertz CT molecular complexity index is 2740. The number of nitrogens with two attached hydrogens (primary N) is 1. The molecule has 3 heteroatoms. The number of para-hydroxylation sites is 4. The minimum absolute atomic E-state index is 0.759. The van der Waals surface area contributed by atoms with Crippen LogP contribution in [0.5, 0.6) is 0 Å². The van der Waals surface area contributed by atoms with Crippen LogP contribution in [0.15, 0.2) is 136 Å². The van der Waals surface area contributed by atoms with Crippen molar-refractivity contribution in [3.05, 3.63) is 127 Å². The molecule has 0 atom stereocenters. The van der Waals surface area contributed by atoms with Gasteiger partial charge in [-0.15, -0.1) is 0 Å². The van der Waals surface area contributed by atoms with E-state index in [1.54, 1.807) is 0 Å². The molecule has 2 aromatic heterocycles. The van der Waals surface area contributed by atoms with Crippen molar-refractivity contribution in [2.45, 2.75) is 0 Å². The Morgan fingerprint density at radius 1 is 0.372 bits per heavy atom. The molecule has 2 heterocycles. The van der Waals surface area contributed by atoms with Crippen LogP contribution in [0.4, 0.5) is 5.69 Å². The summed E-state index contributed by atoms with van der Waals surface area (Å²) in [4.78, 5) is 0. The van der Waals surface area contributed by atoms with Gasteiger partial charge in [0.05, 0.1) is 0 Å². The van der Waals surface area contributed by atoms with E-state index in [1.807, 2.05) is 24.3 Å². The SMILES string of the molecule is Nc1cc(-c2cccc3c2oc2ccccc23)c2ccc3c(-c4cccc5c4oc4ccccc45)ccc4ccc1c2c43. The van der Waals surface area contributed by atoms with Crippen molar-refractivity contribution in [1.29, 1.82) is 0 Å². The lowest BCUT2D eigenvalue weighted by molar-refractivity contribution is 0.669. The zero-order chi connectivity index (χ0) is 28.2. The van der Waals surface area contributed by atoms with Gasteiger partial charge in [-0.1, -0.05) is 109 Å². The lowest BCUT2D eigenvalue weighted by Gasteiger charge is -2.18. The first-order valence-corrected chi connectivity index (χ1v) is 14.6. The zero-order valence-electron chi connectivity index (χ0n) is 23.0. The molecule has 8 aromatic carbocycles. The first kappa shape index (κ1) is 22.8. The summed E-state index contributed by atoms with van der Waals surface area (Å²) in [6.07, 6.45) is 0. The van der Waals surface area contributed by atoms with Gasteiger partial charge in [-0.05, 0) is 50.9 Å². The van der Waals surface area contributed by atoms with Crippen molar-refractivity contribution in [3.8, 4) is 22.3 Å². The molecule has 0 unspecified atom stereocenters. The monoisotopic (exact) mass is 549 g/mol. The van der Waals surface area contributed by atoms with Crippen LogP contribution in [-0.4, -0.2) is 0 Å². The molecule has 10 aromatic rings. The van der Waals surface area contributed by atoms with Gasteiger partial charge in [0.2, 0.25) is 0 Å². The van der Waals surface area contributed by atoms with E-state index in [-0.39, 0.29) is 0 Å². The molecule has 2 N–H and O–H groups in total. The highest BCUT2D eigenvalue weighted by molar-refractivity contribution is 6.30. The summed E-state index contributed by atoms with van der Waals surface area (Å²) in [5.74, 6) is 0. The number of furan rings is 2. The van der Waals surface area contributed by atoms with Crippen molar-refractivity contribution < 1.29 is 8.83 Å². The average molecular weight is 550 g/mol. The van der Waals surface area contributed by atoms with Crippen LogP contribution in [0.25, 0.3) is 98.4 Å². The molecule has 200 valence electrons. The minimum Gasteiger partial charge on any atom is -0.455 e. The van der Waals surface area contributed by atoms with Gasteiger partial charge >= 0.3 is 0 Å². The fraction of sp³-hybridized carbons (Fsp3) is 0. The Morgan fingerprint density at radius 2 is 0.907 bits per heavy atom. The van der Waals surface area contributed by atoms with Gasteiger partial charge in [-0.2, -0.15) is 0 Å². The molecule has 0 aliphatic heterocycles. The van der Waals surface area contributed by atoms with Gasteiger partial charge in [0.25, 0.3) is 0 Å². The number of fused-ring (bicyclic) bond motifs is 6. The molecule has 0 amide bonds. The van der Waals surface area contributed by atoms with E-state index in [4.69, 9.17) is 14.6 Å². The van der Waals surface area contributed by atoms with E-state index in [0.717, 1.165) is 82.6 Å². The van der Waals surface area contributed by atoms with E-state index in [2.05, 4.69) is 103 Å². The second-order valence-electron chi connectivity index (χ2n) is 11.4. The highest BCUT2D eigenvalue weighted by Gasteiger charge is 2.20. The number of rotatable bonds is 2. The van der Waals surface area contributed by atoms with Crippen LogP contribution in [0.2, 0.25) is 0 Å². The molecule has 43 heavy (non-hydrogen) atoms. The predicted octanol–water partition coefficient (Wildman–Crippen LogP) is 11.3. The largest absolute Gasteiger partial charge is 0.455 e. The number of benzene rings is 8.